The van der Waals surface area contributed by atoms with Gasteiger partial charge in [0.25, 0.3) is 5.91 Å². The smallest absolute Gasteiger partial charge is 0.331 e. The number of halogens is 1. The number of hydrogen-bond acceptors (Lipinski definition) is 6. The van der Waals surface area contributed by atoms with Gasteiger partial charge in [-0.25, -0.2) is 9.71 Å². The molecular weight excluding hydrogens is 425 g/mol. The molecule has 2 aromatic carbocycles. The molecule has 2 N–H and O–H groups in total. The van der Waals surface area contributed by atoms with Gasteiger partial charge in [-0.05, 0) is 36.4 Å². The molecule has 0 spiro atoms. The summed E-state index contributed by atoms with van der Waals surface area (Å²) in [6, 6.07) is 13.8. The maximum atomic E-state index is 13.5. The highest BCUT2D eigenvalue weighted by Gasteiger charge is 2.27. The van der Waals surface area contributed by atoms with Gasteiger partial charge in [0.15, 0.2) is 6.61 Å². The second-order valence-corrected chi connectivity index (χ2v) is 7.97. The van der Waals surface area contributed by atoms with Crippen molar-refractivity contribution in [3.63, 3.8) is 0 Å². The normalized spacial score (nSPS) is 16.4. The molecule has 3 heterocycles. The molecule has 1 saturated heterocycles. The Kier molecular flexibility index (Phi) is 6.25. The van der Waals surface area contributed by atoms with Gasteiger partial charge in [0, 0.05) is 44.0 Å². The number of carbonyl (C=O) groups excluding carboxylic acids is 1. The van der Waals surface area contributed by atoms with Crippen molar-refractivity contribution in [1.29, 1.82) is 0 Å². The summed E-state index contributed by atoms with van der Waals surface area (Å²) in [5.74, 6) is 0.792. The summed E-state index contributed by atoms with van der Waals surface area (Å²) in [5.41, 5.74) is 2.98. The highest BCUT2D eigenvalue weighted by Crippen LogP contribution is 2.35. The Morgan fingerprint density at radius 2 is 1.94 bits per heavy atom. The largest absolute Gasteiger partial charge is 0.482 e. The molecule has 1 aromatic heterocycles. The molecule has 3 aromatic rings. The second-order valence-electron chi connectivity index (χ2n) is 7.97. The highest BCUT2D eigenvalue weighted by molar-refractivity contribution is 5.98. The third kappa shape index (κ3) is 5.00. The zero-order valence-electron chi connectivity index (χ0n) is 18.1. The minimum Gasteiger partial charge on any atom is -0.482 e. The van der Waals surface area contributed by atoms with E-state index in [-0.39, 0.29) is 18.3 Å². The van der Waals surface area contributed by atoms with Crippen molar-refractivity contribution in [2.45, 2.75) is 0 Å². The topological polar surface area (TPSA) is 84.4 Å². The number of morpholine rings is 1. The van der Waals surface area contributed by atoms with Gasteiger partial charge in [0.2, 0.25) is 0 Å². The zero-order chi connectivity index (χ0) is 22.6. The van der Waals surface area contributed by atoms with Gasteiger partial charge < -0.3 is 14.4 Å². The van der Waals surface area contributed by atoms with Crippen molar-refractivity contribution in [3.8, 4) is 17.0 Å². The average Bonchev–Trinajstić information content (AvgIpc) is 2.84. The molecule has 0 bridgehead atoms. The summed E-state index contributed by atoms with van der Waals surface area (Å²) in [5, 5.41) is 1.73. The van der Waals surface area contributed by atoms with Crippen LogP contribution in [0.15, 0.2) is 54.7 Å². The standard InChI is InChI=1S/C24H24FN5O3/c25-18-2-1-3-19(15-18)27-24-26-7-6-20(28-24)17-4-5-22-21(14-17)30(23(31)16-33-22)9-8-29-10-12-32-13-11-29/h1-7,14-15H,8-13,16H2,(H,26,27,28)/p+1. The summed E-state index contributed by atoms with van der Waals surface area (Å²) in [6.45, 7) is 4.59. The Balaban J connectivity index is 1.38. The first-order valence-corrected chi connectivity index (χ1v) is 11.0. The third-order valence-electron chi connectivity index (χ3n) is 5.76. The Morgan fingerprint density at radius 1 is 1.06 bits per heavy atom. The van der Waals surface area contributed by atoms with Crippen molar-refractivity contribution < 1.29 is 24.0 Å². The third-order valence-corrected chi connectivity index (χ3v) is 5.76. The summed E-state index contributed by atoms with van der Waals surface area (Å²) in [7, 11) is 0. The molecule has 0 saturated carbocycles. The van der Waals surface area contributed by atoms with Crippen LogP contribution >= 0.6 is 0 Å². The number of aromatic nitrogens is 2. The summed E-state index contributed by atoms with van der Waals surface area (Å²) >= 11 is 0. The van der Waals surface area contributed by atoms with Crippen LogP contribution in [0.1, 0.15) is 0 Å². The van der Waals surface area contributed by atoms with Crippen LogP contribution in [0.25, 0.3) is 11.3 Å². The number of hydrogen-bond donors (Lipinski definition) is 1. The molecule has 0 atom stereocenters. The lowest BCUT2D eigenvalue weighted by Crippen LogP contribution is -2.72. The number of benzene rings is 2. The van der Waals surface area contributed by atoms with Crippen molar-refractivity contribution in [2.24, 2.45) is 0 Å². The molecule has 9 heteroatoms. The number of ether oxygens (including phenoxy) is 2. The minimum absolute atomic E-state index is 0.0374. The van der Waals surface area contributed by atoms with E-state index in [0.29, 0.717) is 29.6 Å². The van der Waals surface area contributed by atoms with Gasteiger partial charge >= 0.3 is 5.95 Å². The van der Waals surface area contributed by atoms with Crippen LogP contribution in [0.3, 0.4) is 0 Å². The molecule has 5 rings (SSSR count). The number of anilines is 1. The fourth-order valence-corrected chi connectivity index (χ4v) is 4.02. The van der Waals surface area contributed by atoms with E-state index in [1.807, 2.05) is 24.3 Å². The fraction of sp³-hybridized carbons (Fsp3) is 0.292. The molecule has 0 aliphatic carbocycles. The Labute approximate surface area is 191 Å². The van der Waals surface area contributed by atoms with Gasteiger partial charge in [-0.2, -0.15) is 9.97 Å². The van der Waals surface area contributed by atoms with Gasteiger partial charge in [0.05, 0.1) is 24.6 Å². The molecule has 8 nitrogen and oxygen atoms in total. The number of fused-ring (bicyclic) bond motifs is 1. The zero-order valence-corrected chi connectivity index (χ0v) is 18.1. The molecule has 1 amide bonds. The van der Waals surface area contributed by atoms with Crippen molar-refractivity contribution >= 4 is 23.2 Å². The number of quaternary nitrogens is 1. The van der Waals surface area contributed by atoms with Gasteiger partial charge in [0.1, 0.15) is 17.3 Å². The van der Waals surface area contributed by atoms with E-state index in [9.17, 15) is 9.18 Å². The van der Waals surface area contributed by atoms with E-state index in [1.54, 1.807) is 28.5 Å². The summed E-state index contributed by atoms with van der Waals surface area (Å²) in [4.78, 5) is 25.7. The van der Waals surface area contributed by atoms with Crippen LogP contribution in [0.4, 0.5) is 21.7 Å². The van der Waals surface area contributed by atoms with Crippen molar-refractivity contribution in [1.82, 2.24) is 14.9 Å². The lowest BCUT2D eigenvalue weighted by molar-refractivity contribution is -0.487. The summed E-state index contributed by atoms with van der Waals surface area (Å²) < 4.78 is 24.6. The van der Waals surface area contributed by atoms with E-state index in [1.165, 1.54) is 12.1 Å². The van der Waals surface area contributed by atoms with Crippen molar-refractivity contribution in [2.75, 3.05) is 50.9 Å². The van der Waals surface area contributed by atoms with Crippen LogP contribution in [0.5, 0.6) is 5.75 Å². The van der Waals surface area contributed by atoms with E-state index in [2.05, 4.69) is 14.9 Å². The predicted molar refractivity (Wildman–Crippen MR) is 120 cm³/mol. The van der Waals surface area contributed by atoms with E-state index in [0.717, 1.165) is 44.1 Å². The average molecular weight is 450 g/mol. The van der Waals surface area contributed by atoms with Crippen LogP contribution in [-0.2, 0) is 9.53 Å². The van der Waals surface area contributed by atoms with E-state index in [4.69, 9.17) is 9.47 Å². The molecule has 2 aliphatic rings. The Hall–Kier alpha value is -3.40. The Morgan fingerprint density at radius 3 is 2.79 bits per heavy atom. The number of amides is 1. The van der Waals surface area contributed by atoms with Crippen LogP contribution in [0, 0.1) is 5.82 Å². The van der Waals surface area contributed by atoms with Crippen LogP contribution in [0.2, 0.25) is 0 Å². The van der Waals surface area contributed by atoms with E-state index >= 15 is 0 Å². The van der Waals surface area contributed by atoms with Gasteiger partial charge in [-0.1, -0.05) is 6.07 Å². The SMILES string of the molecule is O=C1COc2ccc(-c3ccnc([NH2+]c4cccc(F)c4)n3)cc2N1CCN1CCOCC1. The van der Waals surface area contributed by atoms with Gasteiger partial charge in [-0.15, -0.1) is 0 Å². The number of rotatable bonds is 6. The number of nitrogens with zero attached hydrogens (tertiary/aromatic N) is 4. The molecular formula is C24H25FN5O3+. The number of carbonyl (C=O) groups is 1. The fourth-order valence-electron chi connectivity index (χ4n) is 4.02. The first-order chi connectivity index (χ1) is 16.2. The predicted octanol–water partition coefficient (Wildman–Crippen LogP) is 1.87. The number of nitrogens with two attached hydrogens (primary N) is 1. The maximum Gasteiger partial charge on any atom is 0.331 e. The first-order valence-electron chi connectivity index (χ1n) is 11.0. The Bertz CT molecular complexity index is 1150. The first kappa shape index (κ1) is 21.4. The highest BCUT2D eigenvalue weighted by atomic mass is 19.1. The molecule has 170 valence electrons. The van der Waals surface area contributed by atoms with Crippen molar-refractivity contribution in [3.05, 3.63) is 60.5 Å². The van der Waals surface area contributed by atoms with Gasteiger partial charge in [-0.3, -0.25) is 9.69 Å². The lowest BCUT2D eigenvalue weighted by Gasteiger charge is -2.33. The molecule has 2 aliphatic heterocycles. The quantitative estimate of drug-likeness (QED) is 0.578. The van der Waals surface area contributed by atoms with E-state index < -0.39 is 0 Å². The molecule has 1 fully saturated rings. The molecule has 0 unspecified atom stereocenters. The second kappa shape index (κ2) is 9.62. The van der Waals surface area contributed by atoms with Crippen LogP contribution < -0.4 is 15.0 Å². The lowest BCUT2D eigenvalue weighted by atomic mass is 10.1. The summed E-state index contributed by atoms with van der Waals surface area (Å²) in [6.07, 6.45) is 1.67. The molecule has 0 radical (unpaired) electrons. The molecule has 33 heavy (non-hydrogen) atoms. The minimum atomic E-state index is -0.309. The van der Waals surface area contributed by atoms with Crippen LogP contribution in [-0.4, -0.2) is 66.8 Å². The monoisotopic (exact) mass is 450 g/mol. The maximum absolute atomic E-state index is 13.5.